The van der Waals surface area contributed by atoms with Crippen molar-refractivity contribution >= 4 is 33.5 Å². The normalized spacial score (nSPS) is 16.2. The molecule has 0 spiro atoms. The van der Waals surface area contributed by atoms with Gasteiger partial charge in [0.1, 0.15) is 6.04 Å². The van der Waals surface area contributed by atoms with Crippen LogP contribution in [-0.4, -0.2) is 67.1 Å². The number of benzene rings is 2. The van der Waals surface area contributed by atoms with Crippen molar-refractivity contribution in [3.8, 4) is 0 Å². The molecule has 11 nitrogen and oxygen atoms in total. The first kappa shape index (κ1) is 26.0. The Balaban J connectivity index is 1.34. The van der Waals surface area contributed by atoms with Crippen LogP contribution in [0, 0.1) is 0 Å². The Morgan fingerprint density at radius 3 is 2.41 bits per heavy atom. The molecule has 1 saturated heterocycles. The Labute approximate surface area is 215 Å². The van der Waals surface area contributed by atoms with Crippen LogP contribution in [0.5, 0.6) is 0 Å². The van der Waals surface area contributed by atoms with E-state index in [1.54, 1.807) is 36.7 Å². The van der Waals surface area contributed by atoms with E-state index in [0.29, 0.717) is 18.1 Å². The third-order valence-electron chi connectivity index (χ3n) is 6.02. The van der Waals surface area contributed by atoms with Crippen LogP contribution in [-0.2, 0) is 14.8 Å². The molecule has 37 heavy (non-hydrogen) atoms. The SMILES string of the molecule is O=C(NC[C@H](NS(=O)(=O)c1ccccc1)C(=O)O)c1ccc(N2CCCC2CNc2ncccn2)cc1. The summed E-state index contributed by atoms with van der Waals surface area (Å²) in [5.41, 5.74) is 1.30. The minimum absolute atomic E-state index is 0.0603. The molecule has 1 amide bonds. The number of carbonyl (C=O) groups is 2. The highest BCUT2D eigenvalue weighted by molar-refractivity contribution is 7.89. The lowest BCUT2D eigenvalue weighted by atomic mass is 10.1. The van der Waals surface area contributed by atoms with E-state index in [1.807, 2.05) is 12.1 Å². The molecule has 2 heterocycles. The number of aliphatic carboxylic acids is 1. The van der Waals surface area contributed by atoms with Gasteiger partial charge in [-0.05, 0) is 55.3 Å². The number of aromatic nitrogens is 2. The van der Waals surface area contributed by atoms with Gasteiger partial charge < -0.3 is 20.6 Å². The lowest BCUT2D eigenvalue weighted by Crippen LogP contribution is -2.48. The molecule has 2 aromatic carbocycles. The Bertz CT molecular complexity index is 1310. The molecule has 1 aliphatic rings. The van der Waals surface area contributed by atoms with E-state index in [9.17, 15) is 23.1 Å². The number of hydrogen-bond acceptors (Lipinski definition) is 8. The van der Waals surface area contributed by atoms with E-state index < -0.39 is 34.5 Å². The van der Waals surface area contributed by atoms with Gasteiger partial charge in [0.2, 0.25) is 16.0 Å². The highest BCUT2D eigenvalue weighted by Crippen LogP contribution is 2.26. The molecule has 0 radical (unpaired) electrons. The standard InChI is InChI=1S/C25H28N6O5S/c32-23(28-17-22(24(33)34)30-37(35,36)21-7-2-1-3-8-21)18-9-11-19(12-10-18)31-15-4-6-20(31)16-29-25-26-13-5-14-27-25/h1-3,5,7-14,20,22,30H,4,6,15-17H2,(H,28,32)(H,33,34)(H,26,27,29)/t20?,22-/m0/s1. The summed E-state index contributed by atoms with van der Waals surface area (Å²) < 4.78 is 27.1. The van der Waals surface area contributed by atoms with Crippen LogP contribution < -0.4 is 20.3 Å². The predicted molar refractivity (Wildman–Crippen MR) is 138 cm³/mol. The van der Waals surface area contributed by atoms with Gasteiger partial charge >= 0.3 is 5.97 Å². The molecule has 1 aromatic heterocycles. The smallest absolute Gasteiger partial charge is 0.323 e. The average Bonchev–Trinajstić information content (AvgIpc) is 3.39. The van der Waals surface area contributed by atoms with Crippen LogP contribution in [0.4, 0.5) is 11.6 Å². The van der Waals surface area contributed by atoms with Crippen molar-refractivity contribution in [2.45, 2.75) is 29.8 Å². The summed E-state index contributed by atoms with van der Waals surface area (Å²) in [4.78, 5) is 34.8. The van der Waals surface area contributed by atoms with Gasteiger partial charge in [-0.1, -0.05) is 18.2 Å². The van der Waals surface area contributed by atoms with Gasteiger partial charge in [-0.3, -0.25) is 9.59 Å². The third kappa shape index (κ3) is 6.80. The second-order valence-electron chi connectivity index (χ2n) is 8.52. The number of carboxylic acids is 1. The van der Waals surface area contributed by atoms with E-state index in [1.165, 1.54) is 24.3 Å². The fraction of sp³-hybridized carbons (Fsp3) is 0.280. The Kier molecular flexibility index (Phi) is 8.31. The van der Waals surface area contributed by atoms with Gasteiger partial charge in [-0.2, -0.15) is 4.72 Å². The van der Waals surface area contributed by atoms with Crippen LogP contribution in [0.2, 0.25) is 0 Å². The zero-order valence-electron chi connectivity index (χ0n) is 19.9. The number of rotatable bonds is 11. The summed E-state index contributed by atoms with van der Waals surface area (Å²) in [5.74, 6) is -1.32. The van der Waals surface area contributed by atoms with E-state index in [2.05, 4.69) is 30.2 Å². The highest BCUT2D eigenvalue weighted by Gasteiger charge is 2.27. The molecular formula is C25H28N6O5S. The van der Waals surface area contributed by atoms with Gasteiger partial charge in [-0.15, -0.1) is 0 Å². The first-order chi connectivity index (χ1) is 17.8. The monoisotopic (exact) mass is 524 g/mol. The molecule has 194 valence electrons. The van der Waals surface area contributed by atoms with Gasteiger partial charge in [0.05, 0.1) is 4.90 Å². The van der Waals surface area contributed by atoms with Crippen molar-refractivity contribution in [3.63, 3.8) is 0 Å². The molecule has 4 rings (SSSR count). The van der Waals surface area contributed by atoms with E-state index in [0.717, 1.165) is 25.1 Å². The number of carbonyl (C=O) groups excluding carboxylic acids is 1. The molecular weight excluding hydrogens is 496 g/mol. The highest BCUT2D eigenvalue weighted by atomic mass is 32.2. The molecule has 0 bridgehead atoms. The van der Waals surface area contributed by atoms with Crippen LogP contribution in [0.25, 0.3) is 0 Å². The lowest BCUT2D eigenvalue weighted by molar-refractivity contribution is -0.138. The summed E-state index contributed by atoms with van der Waals surface area (Å²) in [7, 11) is -4.06. The number of nitrogens with zero attached hydrogens (tertiary/aromatic N) is 3. The maximum atomic E-state index is 12.6. The van der Waals surface area contributed by atoms with Gasteiger partial charge in [0.15, 0.2) is 0 Å². The summed E-state index contributed by atoms with van der Waals surface area (Å²) in [6, 6.07) is 14.9. The fourth-order valence-electron chi connectivity index (χ4n) is 4.12. The van der Waals surface area contributed by atoms with Crippen LogP contribution in [0.1, 0.15) is 23.2 Å². The van der Waals surface area contributed by atoms with Crippen molar-refractivity contribution < 1.29 is 23.1 Å². The molecule has 1 fully saturated rings. The molecule has 0 aliphatic carbocycles. The van der Waals surface area contributed by atoms with E-state index in [4.69, 9.17) is 0 Å². The predicted octanol–water partition coefficient (Wildman–Crippen LogP) is 1.72. The second kappa shape index (κ2) is 11.8. The number of nitrogens with one attached hydrogen (secondary N) is 3. The molecule has 3 aromatic rings. The van der Waals surface area contributed by atoms with Crippen molar-refractivity contribution in [1.82, 2.24) is 20.0 Å². The molecule has 12 heteroatoms. The molecule has 1 aliphatic heterocycles. The number of anilines is 2. The topological polar surface area (TPSA) is 154 Å². The van der Waals surface area contributed by atoms with Crippen LogP contribution in [0.3, 0.4) is 0 Å². The molecule has 1 unspecified atom stereocenters. The number of sulfonamides is 1. The second-order valence-corrected chi connectivity index (χ2v) is 10.2. The minimum Gasteiger partial charge on any atom is -0.480 e. The maximum absolute atomic E-state index is 12.6. The first-order valence-electron chi connectivity index (χ1n) is 11.8. The number of hydrogen-bond donors (Lipinski definition) is 4. The summed E-state index contributed by atoms with van der Waals surface area (Å²) in [6.07, 6.45) is 5.42. The van der Waals surface area contributed by atoms with Gasteiger partial charge in [0.25, 0.3) is 5.91 Å². The van der Waals surface area contributed by atoms with Crippen molar-refractivity contribution in [3.05, 3.63) is 78.6 Å². The average molecular weight is 525 g/mol. The summed E-state index contributed by atoms with van der Waals surface area (Å²) in [6.45, 7) is 1.15. The van der Waals surface area contributed by atoms with Crippen LogP contribution in [0.15, 0.2) is 78.0 Å². The zero-order chi connectivity index (χ0) is 26.3. The lowest BCUT2D eigenvalue weighted by Gasteiger charge is -2.27. The molecule has 4 N–H and O–H groups in total. The maximum Gasteiger partial charge on any atom is 0.323 e. The third-order valence-corrected chi connectivity index (χ3v) is 7.50. The first-order valence-corrected chi connectivity index (χ1v) is 13.3. The van der Waals surface area contributed by atoms with Crippen molar-refractivity contribution in [1.29, 1.82) is 0 Å². The Hall–Kier alpha value is -4.03. The number of carboxylic acid groups (broad SMARTS) is 1. The molecule has 2 atom stereocenters. The van der Waals surface area contributed by atoms with Gasteiger partial charge in [0, 0.05) is 49.3 Å². The number of amides is 1. The van der Waals surface area contributed by atoms with Crippen molar-refractivity contribution in [2.75, 3.05) is 29.9 Å². The largest absolute Gasteiger partial charge is 0.480 e. The van der Waals surface area contributed by atoms with Gasteiger partial charge in [-0.25, -0.2) is 18.4 Å². The van der Waals surface area contributed by atoms with Crippen LogP contribution >= 0.6 is 0 Å². The Morgan fingerprint density at radius 2 is 1.73 bits per heavy atom. The molecule has 0 saturated carbocycles. The minimum atomic E-state index is -4.06. The zero-order valence-corrected chi connectivity index (χ0v) is 20.8. The fourth-order valence-corrected chi connectivity index (χ4v) is 5.33. The quantitative estimate of drug-likeness (QED) is 0.294. The summed E-state index contributed by atoms with van der Waals surface area (Å²) in [5, 5.41) is 15.2. The van der Waals surface area contributed by atoms with Crippen molar-refractivity contribution in [2.24, 2.45) is 0 Å². The van der Waals surface area contributed by atoms with E-state index >= 15 is 0 Å². The van der Waals surface area contributed by atoms with E-state index in [-0.39, 0.29) is 10.9 Å². The summed E-state index contributed by atoms with van der Waals surface area (Å²) >= 11 is 0. The Morgan fingerprint density at radius 1 is 1.03 bits per heavy atom.